The number of methoxy groups -OCH3 is 2. The predicted octanol–water partition coefficient (Wildman–Crippen LogP) is 2.72. The Bertz CT molecular complexity index is 1410. The molecular weight excluding hydrogens is 484 g/mol. The van der Waals surface area contributed by atoms with Crippen molar-refractivity contribution in [3.8, 4) is 11.5 Å². The van der Waals surface area contributed by atoms with Crippen molar-refractivity contribution in [2.45, 2.75) is 11.4 Å². The third-order valence-electron chi connectivity index (χ3n) is 6.86. The van der Waals surface area contributed by atoms with Crippen LogP contribution in [0.5, 0.6) is 11.5 Å². The smallest absolute Gasteiger partial charge is 0.266 e. The van der Waals surface area contributed by atoms with E-state index in [-0.39, 0.29) is 22.4 Å². The molecule has 0 aliphatic carbocycles. The third kappa shape index (κ3) is 4.40. The van der Waals surface area contributed by atoms with E-state index in [9.17, 15) is 13.2 Å². The Kier molecular flexibility index (Phi) is 6.35. The van der Waals surface area contributed by atoms with Crippen molar-refractivity contribution in [3.63, 3.8) is 0 Å². The molecule has 0 spiro atoms. The van der Waals surface area contributed by atoms with Crippen molar-refractivity contribution in [1.82, 2.24) is 15.0 Å². The quantitative estimate of drug-likeness (QED) is 0.459. The highest BCUT2D eigenvalue weighted by Crippen LogP contribution is 2.37. The van der Waals surface area contributed by atoms with Gasteiger partial charge in [0.25, 0.3) is 10.0 Å². The number of carbonyl (C=O) groups is 1. The van der Waals surface area contributed by atoms with Crippen LogP contribution >= 0.6 is 0 Å². The van der Waals surface area contributed by atoms with Gasteiger partial charge in [0, 0.05) is 32.7 Å². The number of nitrogens with one attached hydrogen (secondary N) is 1. The maximum atomic E-state index is 13.0. The second-order valence-electron chi connectivity index (χ2n) is 9.12. The second kappa shape index (κ2) is 9.47. The average Bonchev–Trinajstić information content (AvgIpc) is 3.56. The van der Waals surface area contributed by atoms with Gasteiger partial charge >= 0.3 is 0 Å². The highest BCUT2D eigenvalue weighted by atomic mass is 32.2. The van der Waals surface area contributed by atoms with Gasteiger partial charge < -0.3 is 18.9 Å². The van der Waals surface area contributed by atoms with Crippen molar-refractivity contribution in [2.75, 3.05) is 45.1 Å². The van der Waals surface area contributed by atoms with Gasteiger partial charge in [0.2, 0.25) is 5.91 Å². The Morgan fingerprint density at radius 2 is 1.83 bits per heavy atom. The molecule has 1 amide bonds. The fourth-order valence-electron chi connectivity index (χ4n) is 5.22. The molecule has 10 nitrogen and oxygen atoms in total. The zero-order chi connectivity index (χ0) is 25.4. The average molecular weight is 513 g/mol. The molecule has 2 aromatic carbocycles. The van der Waals surface area contributed by atoms with Crippen LogP contribution in [0.3, 0.4) is 0 Å². The van der Waals surface area contributed by atoms with Crippen LogP contribution in [0.4, 0.5) is 5.82 Å². The van der Waals surface area contributed by atoms with E-state index in [1.54, 1.807) is 18.2 Å². The van der Waals surface area contributed by atoms with Crippen LogP contribution in [0.25, 0.3) is 11.0 Å². The summed E-state index contributed by atoms with van der Waals surface area (Å²) in [4.78, 5) is 16.1. The number of hydrogen-bond donors (Lipinski definition) is 1. The third-order valence-corrected chi connectivity index (χ3v) is 8.24. The molecule has 2 fully saturated rings. The summed E-state index contributed by atoms with van der Waals surface area (Å²) in [5.41, 5.74) is 1.39. The molecule has 1 N–H and O–H groups in total. The molecule has 0 bridgehead atoms. The van der Waals surface area contributed by atoms with Crippen LogP contribution in [0, 0.1) is 11.8 Å². The van der Waals surface area contributed by atoms with E-state index in [0.29, 0.717) is 35.1 Å². The van der Waals surface area contributed by atoms with E-state index < -0.39 is 10.0 Å². The van der Waals surface area contributed by atoms with Crippen molar-refractivity contribution in [2.24, 2.45) is 11.8 Å². The lowest BCUT2D eigenvalue weighted by atomic mass is 10.0. The number of aromatic nitrogens is 1. The molecule has 190 valence electrons. The molecule has 2 aliphatic rings. The van der Waals surface area contributed by atoms with Crippen LogP contribution < -0.4 is 14.2 Å². The van der Waals surface area contributed by atoms with Crippen LogP contribution in [0.1, 0.15) is 5.56 Å². The highest BCUT2D eigenvalue weighted by molar-refractivity contribution is 7.92. The fourth-order valence-corrected chi connectivity index (χ4v) is 6.40. The normalized spacial score (nSPS) is 19.9. The first-order valence-corrected chi connectivity index (χ1v) is 13.1. The van der Waals surface area contributed by atoms with Crippen LogP contribution in [-0.2, 0) is 21.4 Å². The van der Waals surface area contributed by atoms with Gasteiger partial charge in [0.1, 0.15) is 21.8 Å². The summed E-state index contributed by atoms with van der Waals surface area (Å²) < 4.78 is 44.9. The summed E-state index contributed by atoms with van der Waals surface area (Å²) in [6.07, 6.45) is 1.38. The number of sulfonamides is 1. The number of nitrogens with zero attached hydrogens (tertiary/aromatic N) is 3. The van der Waals surface area contributed by atoms with Gasteiger partial charge in [-0.15, -0.1) is 0 Å². The first kappa shape index (κ1) is 24.1. The zero-order valence-electron chi connectivity index (χ0n) is 20.1. The van der Waals surface area contributed by atoms with Crippen molar-refractivity contribution in [3.05, 3.63) is 54.6 Å². The predicted molar refractivity (Wildman–Crippen MR) is 133 cm³/mol. The molecule has 0 radical (unpaired) electrons. The number of benzene rings is 2. The Hall–Kier alpha value is -3.57. The van der Waals surface area contributed by atoms with Gasteiger partial charge in [-0.05, 0) is 47.7 Å². The maximum Gasteiger partial charge on any atom is 0.266 e. The summed E-state index contributed by atoms with van der Waals surface area (Å²) in [6, 6.07) is 10.1. The van der Waals surface area contributed by atoms with Crippen LogP contribution in [0.2, 0.25) is 0 Å². The molecule has 11 heteroatoms. The lowest BCUT2D eigenvalue weighted by Gasteiger charge is -2.21. The second-order valence-corrected chi connectivity index (χ2v) is 10.8. The zero-order valence-corrected chi connectivity index (χ0v) is 21.0. The molecule has 3 heterocycles. The van der Waals surface area contributed by atoms with E-state index in [0.717, 1.165) is 31.7 Å². The van der Waals surface area contributed by atoms with E-state index >= 15 is 0 Å². The van der Waals surface area contributed by atoms with Gasteiger partial charge in [-0.3, -0.25) is 14.4 Å². The van der Waals surface area contributed by atoms with Gasteiger partial charge in [-0.2, -0.15) is 0 Å². The molecule has 0 unspecified atom stereocenters. The Morgan fingerprint density at radius 3 is 2.50 bits per heavy atom. The fraction of sp³-hybridized carbons (Fsp3) is 0.360. The van der Waals surface area contributed by atoms with E-state index in [1.807, 2.05) is 17.0 Å². The molecular formula is C25H28N4O6S. The Labute approximate surface area is 209 Å². The van der Waals surface area contributed by atoms with Crippen LogP contribution in [0.15, 0.2) is 58.5 Å². The Morgan fingerprint density at radius 1 is 1.14 bits per heavy atom. The minimum Gasteiger partial charge on any atom is -0.496 e. The summed E-state index contributed by atoms with van der Waals surface area (Å²) in [5, 5.41) is 4.42. The summed E-state index contributed by atoms with van der Waals surface area (Å²) in [5.74, 6) is 1.61. The van der Waals surface area contributed by atoms with E-state index in [1.165, 1.54) is 26.4 Å². The summed E-state index contributed by atoms with van der Waals surface area (Å²) in [7, 11) is -1.05. The molecule has 36 heavy (non-hydrogen) atoms. The number of fused-ring (bicyclic) bond motifs is 2. The standard InChI is InChI=1S/C25H28N4O6S/c1-4-23(30)29-14-17-12-28(13-18(17)15-29)11-16-9-20(34-3)24-21(10-16)35-26-25(24)27-36(31,32)22-8-6-5-7-19(22)33-2/h4-10,17-18H,1,11-15H2,2-3H3,(H,26,27)/t17-,18+. The number of carbonyl (C=O) groups excluding carboxylic acids is 1. The van der Waals surface area contributed by atoms with Gasteiger partial charge in [0.15, 0.2) is 11.4 Å². The maximum absolute atomic E-state index is 13.0. The molecule has 5 rings (SSSR count). The summed E-state index contributed by atoms with van der Waals surface area (Å²) >= 11 is 0. The molecule has 0 saturated carbocycles. The summed E-state index contributed by atoms with van der Waals surface area (Å²) in [6.45, 7) is 7.57. The number of likely N-dealkylation sites (tertiary alicyclic amines) is 2. The first-order chi connectivity index (χ1) is 17.3. The number of para-hydroxylation sites is 1. The van der Waals surface area contributed by atoms with Crippen molar-refractivity contribution < 1.29 is 27.2 Å². The molecule has 2 atom stereocenters. The highest BCUT2D eigenvalue weighted by Gasteiger charge is 2.41. The largest absolute Gasteiger partial charge is 0.496 e. The number of ether oxygens (including phenoxy) is 2. The Balaban J connectivity index is 1.35. The number of hydrogen-bond acceptors (Lipinski definition) is 8. The molecule has 1 aromatic heterocycles. The molecule has 3 aromatic rings. The number of rotatable bonds is 8. The van der Waals surface area contributed by atoms with Gasteiger partial charge in [-0.1, -0.05) is 23.9 Å². The minimum absolute atomic E-state index is 0.00593. The number of anilines is 1. The monoisotopic (exact) mass is 512 g/mol. The van der Waals surface area contributed by atoms with E-state index in [2.05, 4.69) is 21.4 Å². The molecule has 2 saturated heterocycles. The van der Waals surface area contributed by atoms with Crippen LogP contribution in [-0.4, -0.2) is 69.7 Å². The topological polar surface area (TPSA) is 114 Å². The van der Waals surface area contributed by atoms with Crippen molar-refractivity contribution >= 4 is 32.7 Å². The SMILES string of the molecule is C=CC(=O)N1C[C@H]2CN(Cc3cc(OC)c4c(NS(=O)(=O)c5ccccc5OC)noc4c3)C[C@H]2C1. The van der Waals surface area contributed by atoms with Gasteiger partial charge in [0.05, 0.1) is 14.2 Å². The lowest BCUT2D eigenvalue weighted by Crippen LogP contribution is -2.31. The number of amides is 1. The van der Waals surface area contributed by atoms with Gasteiger partial charge in [-0.25, -0.2) is 8.42 Å². The molecule has 2 aliphatic heterocycles. The van der Waals surface area contributed by atoms with Crippen molar-refractivity contribution in [1.29, 1.82) is 0 Å². The minimum atomic E-state index is -3.99. The van der Waals surface area contributed by atoms with E-state index in [4.69, 9.17) is 14.0 Å². The first-order valence-electron chi connectivity index (χ1n) is 11.6. The lowest BCUT2D eigenvalue weighted by molar-refractivity contribution is -0.125.